The summed E-state index contributed by atoms with van der Waals surface area (Å²) in [6, 6.07) is 11.6. The zero-order chi connectivity index (χ0) is 18.2. The fourth-order valence-corrected chi connectivity index (χ4v) is 3.50. The molecule has 0 bridgehead atoms. The minimum Gasteiger partial charge on any atom is -0.399 e. The highest BCUT2D eigenvalue weighted by Gasteiger charge is 2.06. The number of aryl methyl sites for hydroxylation is 2. The maximum Gasteiger partial charge on any atom is 0.220 e. The van der Waals surface area contributed by atoms with Crippen LogP contribution in [0.4, 0.5) is 5.69 Å². The van der Waals surface area contributed by atoms with Gasteiger partial charge in [0.2, 0.25) is 5.91 Å². The number of rotatable bonds is 8. The van der Waals surface area contributed by atoms with Gasteiger partial charge in [0.15, 0.2) is 0 Å². The highest BCUT2D eigenvalue weighted by atomic mass is 35.5. The second-order valence-corrected chi connectivity index (χ2v) is 6.96. The summed E-state index contributed by atoms with van der Waals surface area (Å²) in [4.78, 5) is 20.6. The topological polar surface area (TPSA) is 80.9 Å². The van der Waals surface area contributed by atoms with Crippen molar-refractivity contribution >= 4 is 47.7 Å². The van der Waals surface area contributed by atoms with E-state index in [1.807, 2.05) is 36.4 Å². The van der Waals surface area contributed by atoms with Gasteiger partial charge in [-0.05, 0) is 36.6 Å². The summed E-state index contributed by atoms with van der Waals surface area (Å²) >= 11 is 1.65. The molecule has 5 nitrogen and oxygen atoms in total. The van der Waals surface area contributed by atoms with E-state index in [0.717, 1.165) is 40.4 Å². The van der Waals surface area contributed by atoms with Gasteiger partial charge in [-0.25, -0.2) is 4.98 Å². The van der Waals surface area contributed by atoms with Crippen LogP contribution in [0.2, 0.25) is 0 Å². The average Bonchev–Trinajstić information content (AvgIpc) is 3.14. The molecule has 0 atom stereocenters. The lowest BCUT2D eigenvalue weighted by Gasteiger charge is -2.06. The van der Waals surface area contributed by atoms with Crippen LogP contribution in [0.5, 0.6) is 0 Å². The standard InChI is InChI=1S/C20H22N4OS.2ClH/c21-17-5-2-1-4-15(17)7-8-19(25)23-11-3-6-20-24-18(14-26-20)16-9-12-22-13-10-16;;/h1-2,4-5,9-10,12-14H,3,6-8,11,21H2,(H,23,25);2*1H. The highest BCUT2D eigenvalue weighted by molar-refractivity contribution is 7.09. The molecular formula is C20H24Cl2N4OS. The lowest BCUT2D eigenvalue weighted by Crippen LogP contribution is -2.25. The van der Waals surface area contributed by atoms with Crippen molar-refractivity contribution in [2.75, 3.05) is 12.3 Å². The molecule has 1 amide bonds. The van der Waals surface area contributed by atoms with E-state index < -0.39 is 0 Å². The molecule has 0 saturated heterocycles. The Balaban J connectivity index is 0.00000196. The summed E-state index contributed by atoms with van der Waals surface area (Å²) in [5.41, 5.74) is 9.73. The minimum atomic E-state index is 0. The fraction of sp³-hybridized carbons (Fsp3) is 0.250. The number of carbonyl (C=O) groups is 1. The zero-order valence-corrected chi connectivity index (χ0v) is 17.8. The number of aromatic nitrogens is 2. The van der Waals surface area contributed by atoms with E-state index in [9.17, 15) is 4.79 Å². The van der Waals surface area contributed by atoms with Crippen molar-refractivity contribution in [2.45, 2.75) is 25.7 Å². The first-order valence-electron chi connectivity index (χ1n) is 8.67. The van der Waals surface area contributed by atoms with Crippen LogP contribution in [0, 0.1) is 0 Å². The van der Waals surface area contributed by atoms with Gasteiger partial charge in [0.05, 0.1) is 10.7 Å². The summed E-state index contributed by atoms with van der Waals surface area (Å²) < 4.78 is 0. The largest absolute Gasteiger partial charge is 0.399 e. The number of thiazole rings is 1. The number of hydrogen-bond donors (Lipinski definition) is 2. The summed E-state index contributed by atoms with van der Waals surface area (Å²) in [6.07, 6.45) is 6.40. The van der Waals surface area contributed by atoms with E-state index in [1.54, 1.807) is 23.7 Å². The highest BCUT2D eigenvalue weighted by Crippen LogP contribution is 2.21. The van der Waals surface area contributed by atoms with Gasteiger partial charge < -0.3 is 11.1 Å². The Hall–Kier alpha value is -2.15. The third-order valence-electron chi connectivity index (χ3n) is 4.09. The average molecular weight is 439 g/mol. The second-order valence-electron chi connectivity index (χ2n) is 6.01. The molecule has 0 radical (unpaired) electrons. The first-order valence-corrected chi connectivity index (χ1v) is 9.55. The molecule has 0 fully saturated rings. The molecule has 0 aliphatic heterocycles. The molecule has 3 rings (SSSR count). The number of nitrogen functional groups attached to an aromatic ring is 1. The third-order valence-corrected chi connectivity index (χ3v) is 5.00. The van der Waals surface area contributed by atoms with E-state index >= 15 is 0 Å². The lowest BCUT2D eigenvalue weighted by atomic mass is 10.1. The molecule has 0 saturated carbocycles. The number of para-hydroxylation sites is 1. The summed E-state index contributed by atoms with van der Waals surface area (Å²) in [6.45, 7) is 0.660. The number of anilines is 1. The molecule has 3 aromatic rings. The van der Waals surface area contributed by atoms with Gasteiger partial charge in [-0.2, -0.15) is 0 Å². The predicted octanol–water partition coefficient (Wildman–Crippen LogP) is 4.31. The Morgan fingerprint density at radius 2 is 1.82 bits per heavy atom. The molecule has 150 valence electrons. The third kappa shape index (κ3) is 7.11. The Labute approximate surface area is 181 Å². The van der Waals surface area contributed by atoms with Crippen LogP contribution in [0.3, 0.4) is 0 Å². The molecule has 0 aliphatic carbocycles. The number of pyridine rings is 1. The van der Waals surface area contributed by atoms with Gasteiger partial charge in [0.1, 0.15) is 0 Å². The normalized spacial score (nSPS) is 9.86. The number of nitrogens with two attached hydrogens (primary N) is 1. The van der Waals surface area contributed by atoms with Crippen molar-refractivity contribution in [3.63, 3.8) is 0 Å². The first-order chi connectivity index (χ1) is 12.7. The van der Waals surface area contributed by atoms with Crippen LogP contribution in [-0.4, -0.2) is 22.4 Å². The number of carbonyl (C=O) groups excluding carboxylic acids is 1. The molecule has 1 aromatic carbocycles. The van der Waals surface area contributed by atoms with E-state index in [1.165, 1.54) is 0 Å². The van der Waals surface area contributed by atoms with Crippen LogP contribution in [0.25, 0.3) is 11.3 Å². The Morgan fingerprint density at radius 1 is 1.07 bits per heavy atom. The Kier molecular flexibility index (Phi) is 10.5. The maximum atomic E-state index is 12.0. The van der Waals surface area contributed by atoms with Crippen molar-refractivity contribution in [3.05, 3.63) is 64.7 Å². The molecule has 2 heterocycles. The smallest absolute Gasteiger partial charge is 0.220 e. The number of amides is 1. The SMILES string of the molecule is Cl.Cl.Nc1ccccc1CCC(=O)NCCCc1nc(-c2ccncc2)cs1. The van der Waals surface area contributed by atoms with E-state index in [0.29, 0.717) is 19.4 Å². The Morgan fingerprint density at radius 3 is 2.57 bits per heavy atom. The Bertz CT molecular complexity index is 858. The second kappa shape index (κ2) is 12.3. The lowest BCUT2D eigenvalue weighted by molar-refractivity contribution is -0.121. The van der Waals surface area contributed by atoms with Crippen LogP contribution in [-0.2, 0) is 17.6 Å². The molecule has 0 spiro atoms. The van der Waals surface area contributed by atoms with Gasteiger partial charge in [0, 0.05) is 48.4 Å². The molecule has 3 N–H and O–H groups in total. The number of nitrogens with zero attached hydrogens (tertiary/aromatic N) is 2. The van der Waals surface area contributed by atoms with Crippen molar-refractivity contribution in [2.24, 2.45) is 0 Å². The zero-order valence-electron chi connectivity index (χ0n) is 15.3. The maximum absolute atomic E-state index is 12.0. The van der Waals surface area contributed by atoms with Crippen molar-refractivity contribution in [1.29, 1.82) is 0 Å². The predicted molar refractivity (Wildman–Crippen MR) is 120 cm³/mol. The van der Waals surface area contributed by atoms with Crippen molar-refractivity contribution in [1.82, 2.24) is 15.3 Å². The van der Waals surface area contributed by atoms with Gasteiger partial charge in [-0.15, -0.1) is 36.2 Å². The van der Waals surface area contributed by atoms with E-state index in [2.05, 4.69) is 20.7 Å². The van der Waals surface area contributed by atoms with Crippen molar-refractivity contribution < 1.29 is 4.79 Å². The van der Waals surface area contributed by atoms with Gasteiger partial charge >= 0.3 is 0 Å². The van der Waals surface area contributed by atoms with E-state index in [4.69, 9.17) is 5.73 Å². The summed E-state index contributed by atoms with van der Waals surface area (Å²) in [5, 5.41) is 6.12. The summed E-state index contributed by atoms with van der Waals surface area (Å²) in [5.74, 6) is 0.0601. The summed E-state index contributed by atoms with van der Waals surface area (Å²) in [7, 11) is 0. The number of halogens is 2. The van der Waals surface area contributed by atoms with Crippen LogP contribution in [0.15, 0.2) is 54.2 Å². The van der Waals surface area contributed by atoms with Gasteiger partial charge in [-0.1, -0.05) is 18.2 Å². The fourth-order valence-electron chi connectivity index (χ4n) is 2.65. The van der Waals surface area contributed by atoms with Crippen LogP contribution in [0.1, 0.15) is 23.4 Å². The first kappa shape index (κ1) is 23.9. The molecule has 0 aliphatic rings. The van der Waals surface area contributed by atoms with Crippen LogP contribution >= 0.6 is 36.2 Å². The number of benzene rings is 1. The van der Waals surface area contributed by atoms with Gasteiger partial charge in [0.25, 0.3) is 0 Å². The molecule has 28 heavy (non-hydrogen) atoms. The molecular weight excluding hydrogens is 415 g/mol. The molecule has 8 heteroatoms. The monoisotopic (exact) mass is 438 g/mol. The minimum absolute atomic E-state index is 0. The van der Waals surface area contributed by atoms with Gasteiger partial charge in [-0.3, -0.25) is 9.78 Å². The number of hydrogen-bond acceptors (Lipinski definition) is 5. The van der Waals surface area contributed by atoms with Crippen LogP contribution < -0.4 is 11.1 Å². The molecule has 0 unspecified atom stereocenters. The van der Waals surface area contributed by atoms with E-state index in [-0.39, 0.29) is 30.7 Å². The molecule has 2 aromatic heterocycles. The quantitative estimate of drug-likeness (QED) is 0.405. The van der Waals surface area contributed by atoms with Crippen molar-refractivity contribution in [3.8, 4) is 11.3 Å². The number of nitrogens with one attached hydrogen (secondary N) is 1.